The maximum atomic E-state index is 14.9. The molecule has 9 heteroatoms. The van der Waals surface area contributed by atoms with Crippen LogP contribution in [0.15, 0.2) is 58.0 Å². The summed E-state index contributed by atoms with van der Waals surface area (Å²) in [6, 6.07) is 13.3. The number of aliphatic carboxylic acids is 1. The summed E-state index contributed by atoms with van der Waals surface area (Å²) >= 11 is 4.70. The van der Waals surface area contributed by atoms with E-state index in [-0.39, 0.29) is 24.9 Å². The van der Waals surface area contributed by atoms with E-state index < -0.39 is 23.4 Å². The minimum Gasteiger partial charge on any atom is -0.479 e. The van der Waals surface area contributed by atoms with Crippen molar-refractivity contribution in [3.63, 3.8) is 0 Å². The minimum absolute atomic E-state index is 0.0900. The van der Waals surface area contributed by atoms with E-state index in [0.717, 1.165) is 0 Å². The summed E-state index contributed by atoms with van der Waals surface area (Å²) in [4.78, 5) is 28.8. The SMILES string of the molecule is O=C(NC1=NC2(c3cc(Br)ccc3F)COC(C(=O)O)CC2CS1)c1ccccc1. The summed E-state index contributed by atoms with van der Waals surface area (Å²) in [5, 5.41) is 12.5. The average Bonchev–Trinajstić information content (AvgIpc) is 2.75. The van der Waals surface area contributed by atoms with E-state index in [0.29, 0.717) is 26.5 Å². The van der Waals surface area contributed by atoms with E-state index in [2.05, 4.69) is 21.2 Å². The second-order valence-electron chi connectivity index (χ2n) is 7.17. The van der Waals surface area contributed by atoms with E-state index in [4.69, 9.17) is 9.73 Å². The molecule has 2 aliphatic heterocycles. The number of carbonyl (C=O) groups excluding carboxylic acids is 1. The van der Waals surface area contributed by atoms with E-state index in [1.807, 2.05) is 6.07 Å². The van der Waals surface area contributed by atoms with Crippen LogP contribution in [0.2, 0.25) is 0 Å². The summed E-state index contributed by atoms with van der Waals surface area (Å²) in [5.41, 5.74) is -0.321. The van der Waals surface area contributed by atoms with Gasteiger partial charge in [-0.1, -0.05) is 45.9 Å². The Labute approximate surface area is 185 Å². The molecule has 0 aromatic heterocycles. The smallest absolute Gasteiger partial charge is 0.332 e. The molecule has 6 nitrogen and oxygen atoms in total. The molecule has 2 N–H and O–H groups in total. The van der Waals surface area contributed by atoms with Crippen molar-refractivity contribution in [1.82, 2.24) is 5.32 Å². The number of benzene rings is 2. The Balaban J connectivity index is 1.72. The molecule has 0 radical (unpaired) electrons. The number of hydrogen-bond acceptors (Lipinski definition) is 5. The van der Waals surface area contributed by atoms with Gasteiger partial charge >= 0.3 is 5.97 Å². The van der Waals surface area contributed by atoms with Crippen molar-refractivity contribution in [2.45, 2.75) is 18.1 Å². The summed E-state index contributed by atoms with van der Waals surface area (Å²) < 4.78 is 21.1. The van der Waals surface area contributed by atoms with Gasteiger partial charge in [-0.05, 0) is 36.8 Å². The van der Waals surface area contributed by atoms with Crippen LogP contribution < -0.4 is 5.32 Å². The number of carbonyl (C=O) groups is 2. The Morgan fingerprint density at radius 1 is 1.27 bits per heavy atom. The molecule has 2 heterocycles. The van der Waals surface area contributed by atoms with E-state index in [9.17, 15) is 19.1 Å². The first kappa shape index (κ1) is 21.0. The number of carboxylic acid groups (broad SMARTS) is 1. The van der Waals surface area contributed by atoms with Crippen molar-refractivity contribution in [3.8, 4) is 0 Å². The van der Waals surface area contributed by atoms with Gasteiger partial charge in [0.2, 0.25) is 0 Å². The highest BCUT2D eigenvalue weighted by Crippen LogP contribution is 2.47. The van der Waals surface area contributed by atoms with Gasteiger partial charge in [0.05, 0.1) is 6.61 Å². The number of carboxylic acids is 1. The van der Waals surface area contributed by atoms with Crippen molar-refractivity contribution in [1.29, 1.82) is 0 Å². The first-order valence-electron chi connectivity index (χ1n) is 9.28. The van der Waals surface area contributed by atoms with E-state index >= 15 is 0 Å². The predicted octanol–water partition coefficient (Wildman–Crippen LogP) is 3.81. The number of aliphatic imine (C=N–C) groups is 1. The molecule has 3 atom stereocenters. The normalized spacial score (nSPS) is 25.7. The Kier molecular flexibility index (Phi) is 5.95. The van der Waals surface area contributed by atoms with Gasteiger partial charge in [-0.2, -0.15) is 0 Å². The van der Waals surface area contributed by atoms with Gasteiger partial charge in [-0.15, -0.1) is 0 Å². The van der Waals surface area contributed by atoms with Crippen LogP contribution in [0, 0.1) is 11.7 Å². The molecule has 1 saturated heterocycles. The van der Waals surface area contributed by atoms with Crippen LogP contribution in [-0.4, -0.2) is 40.6 Å². The summed E-state index contributed by atoms with van der Waals surface area (Å²) in [5.74, 6) is -1.60. The molecule has 3 unspecified atom stereocenters. The highest BCUT2D eigenvalue weighted by atomic mass is 79.9. The number of nitrogens with one attached hydrogen (secondary N) is 1. The minimum atomic E-state index is -1.12. The molecule has 0 spiro atoms. The standard InChI is InChI=1S/C21H18BrFN2O4S/c22-14-6-7-16(23)15(9-14)21-11-29-17(19(27)28)8-13(21)10-30-20(25-21)24-18(26)12-4-2-1-3-5-12/h1-7,9,13,17H,8,10-11H2,(H,27,28)(H,24,25,26). The monoisotopic (exact) mass is 492 g/mol. The number of amidine groups is 1. The summed E-state index contributed by atoms with van der Waals surface area (Å²) in [6.07, 6.45) is -0.757. The molecule has 0 aliphatic carbocycles. The summed E-state index contributed by atoms with van der Waals surface area (Å²) in [7, 11) is 0. The van der Waals surface area contributed by atoms with Crippen LogP contribution in [0.25, 0.3) is 0 Å². The summed E-state index contributed by atoms with van der Waals surface area (Å²) in [6.45, 7) is -0.0900. The molecule has 1 fully saturated rings. The molecule has 4 rings (SSSR count). The lowest BCUT2D eigenvalue weighted by Crippen LogP contribution is -2.52. The number of rotatable bonds is 3. The fourth-order valence-electron chi connectivity index (χ4n) is 3.77. The number of halogens is 2. The van der Waals surface area contributed by atoms with Crippen LogP contribution >= 0.6 is 27.7 Å². The zero-order valence-electron chi connectivity index (χ0n) is 15.7. The molecule has 1 amide bonds. The van der Waals surface area contributed by atoms with Crippen LogP contribution in [0.3, 0.4) is 0 Å². The first-order valence-corrected chi connectivity index (χ1v) is 11.1. The van der Waals surface area contributed by atoms with Crippen molar-refractivity contribution < 1.29 is 23.8 Å². The Bertz CT molecular complexity index is 1020. The molecule has 0 saturated carbocycles. The topological polar surface area (TPSA) is 88.0 Å². The fourth-order valence-corrected chi connectivity index (χ4v) is 5.30. The molecule has 30 heavy (non-hydrogen) atoms. The van der Waals surface area contributed by atoms with Gasteiger partial charge in [0.25, 0.3) is 5.91 Å². The van der Waals surface area contributed by atoms with Crippen molar-refractivity contribution in [2.75, 3.05) is 12.4 Å². The van der Waals surface area contributed by atoms with E-state index in [1.54, 1.807) is 36.4 Å². The lowest BCUT2D eigenvalue weighted by Gasteiger charge is -2.45. The van der Waals surface area contributed by atoms with Crippen molar-refractivity contribution >= 4 is 44.7 Å². The molecule has 2 aromatic rings. The Hall–Kier alpha value is -2.23. The van der Waals surface area contributed by atoms with Crippen molar-refractivity contribution in [2.24, 2.45) is 10.9 Å². The third-order valence-corrected chi connectivity index (χ3v) is 6.86. The highest BCUT2D eigenvalue weighted by Gasteiger charge is 2.51. The molecule has 2 aromatic carbocycles. The second-order valence-corrected chi connectivity index (χ2v) is 9.09. The number of fused-ring (bicyclic) bond motifs is 1. The van der Waals surface area contributed by atoms with Gasteiger partial charge in [0.1, 0.15) is 11.4 Å². The van der Waals surface area contributed by atoms with Crippen molar-refractivity contribution in [3.05, 3.63) is 69.9 Å². The molecule has 156 valence electrons. The number of thioether (sulfide) groups is 1. The third-order valence-electron chi connectivity index (χ3n) is 5.33. The van der Waals surface area contributed by atoms with E-state index in [1.165, 1.54) is 17.8 Å². The molecule has 2 aliphatic rings. The van der Waals surface area contributed by atoms with Crippen LogP contribution in [0.1, 0.15) is 22.3 Å². The lowest BCUT2D eigenvalue weighted by molar-refractivity contribution is -0.159. The Morgan fingerprint density at radius 3 is 2.77 bits per heavy atom. The number of ether oxygens (including phenoxy) is 1. The van der Waals surface area contributed by atoms with Gasteiger partial charge < -0.3 is 15.2 Å². The lowest BCUT2D eigenvalue weighted by atomic mass is 9.75. The zero-order valence-corrected chi connectivity index (χ0v) is 18.1. The number of hydrogen-bond donors (Lipinski definition) is 2. The van der Waals surface area contributed by atoms with Gasteiger partial charge in [-0.3, -0.25) is 4.79 Å². The second kappa shape index (κ2) is 8.49. The molecular formula is C21H18BrFN2O4S. The van der Waals surface area contributed by atoms with Crippen LogP contribution in [-0.2, 0) is 15.1 Å². The van der Waals surface area contributed by atoms with Gasteiger partial charge in [0.15, 0.2) is 11.3 Å². The number of amides is 1. The number of nitrogens with zero attached hydrogens (tertiary/aromatic N) is 1. The zero-order chi connectivity index (χ0) is 21.3. The molecule has 0 bridgehead atoms. The Morgan fingerprint density at radius 2 is 2.03 bits per heavy atom. The van der Waals surface area contributed by atoms with Gasteiger partial charge in [0, 0.05) is 27.3 Å². The molecular weight excluding hydrogens is 475 g/mol. The van der Waals surface area contributed by atoms with Crippen LogP contribution in [0.5, 0.6) is 0 Å². The maximum absolute atomic E-state index is 14.9. The van der Waals surface area contributed by atoms with Gasteiger partial charge in [-0.25, -0.2) is 14.2 Å². The fraction of sp³-hybridized carbons (Fsp3) is 0.286. The largest absolute Gasteiger partial charge is 0.479 e. The predicted molar refractivity (Wildman–Crippen MR) is 115 cm³/mol. The quantitative estimate of drug-likeness (QED) is 0.679. The highest BCUT2D eigenvalue weighted by molar-refractivity contribution is 9.10. The van der Waals surface area contributed by atoms with Crippen LogP contribution in [0.4, 0.5) is 4.39 Å². The maximum Gasteiger partial charge on any atom is 0.332 e. The third kappa shape index (κ3) is 4.01. The average molecular weight is 493 g/mol. The first-order chi connectivity index (χ1) is 14.4.